The van der Waals surface area contributed by atoms with Gasteiger partial charge >= 0.3 is 0 Å². The molecular weight excluding hydrogens is 428 g/mol. The number of ether oxygens (including phenoxy) is 1. The Morgan fingerprint density at radius 2 is 1.82 bits per heavy atom. The van der Waals surface area contributed by atoms with Crippen LogP contribution in [-0.4, -0.2) is 70.6 Å². The maximum absolute atomic E-state index is 13.7. The average molecular weight is 461 g/mol. The molecule has 0 radical (unpaired) electrons. The summed E-state index contributed by atoms with van der Waals surface area (Å²) in [6.45, 7) is 5.79. The normalized spacial score (nSPS) is 20.8. The molecule has 2 saturated heterocycles. The summed E-state index contributed by atoms with van der Waals surface area (Å²) < 4.78 is 7.79. The lowest BCUT2D eigenvalue weighted by Gasteiger charge is -2.41. The van der Waals surface area contributed by atoms with Gasteiger partial charge in [0.2, 0.25) is 5.91 Å². The van der Waals surface area contributed by atoms with Crippen LogP contribution in [0.4, 0.5) is 0 Å². The molecule has 0 unspecified atom stereocenters. The third-order valence-electron chi connectivity index (χ3n) is 7.35. The number of hydrogen-bond donors (Lipinski definition) is 0. The molecule has 1 aromatic carbocycles. The molecule has 2 aromatic heterocycles. The summed E-state index contributed by atoms with van der Waals surface area (Å²) in [5.74, 6) is 0.473. The molecule has 2 fully saturated rings. The van der Waals surface area contributed by atoms with Gasteiger partial charge in [-0.1, -0.05) is 31.2 Å². The number of pyridine rings is 1. The van der Waals surface area contributed by atoms with E-state index >= 15 is 0 Å². The highest BCUT2D eigenvalue weighted by Crippen LogP contribution is 2.34. The van der Waals surface area contributed by atoms with Crippen molar-refractivity contribution in [3.05, 3.63) is 72.1 Å². The highest BCUT2D eigenvalue weighted by Gasteiger charge is 2.41. The van der Waals surface area contributed by atoms with Crippen LogP contribution in [0.1, 0.15) is 35.7 Å². The van der Waals surface area contributed by atoms with Crippen molar-refractivity contribution in [3.8, 4) is 0 Å². The maximum atomic E-state index is 13.7. The third-order valence-corrected chi connectivity index (χ3v) is 7.35. The Labute approximate surface area is 200 Å². The van der Waals surface area contributed by atoms with Crippen molar-refractivity contribution in [2.45, 2.75) is 26.2 Å². The van der Waals surface area contributed by atoms with Gasteiger partial charge in [0.1, 0.15) is 0 Å². The molecule has 2 amide bonds. The molecule has 0 saturated carbocycles. The Bertz CT molecular complexity index is 1150. The van der Waals surface area contributed by atoms with Gasteiger partial charge in [0.05, 0.1) is 18.7 Å². The number of aromatic nitrogens is 2. The number of hydrogen-bond acceptors (Lipinski definition) is 4. The highest BCUT2D eigenvalue weighted by atomic mass is 16.5. The lowest BCUT2D eigenvalue weighted by Crippen LogP contribution is -2.51. The van der Waals surface area contributed by atoms with Crippen molar-refractivity contribution in [2.24, 2.45) is 11.3 Å². The summed E-state index contributed by atoms with van der Waals surface area (Å²) in [6.07, 6.45) is 5.97. The van der Waals surface area contributed by atoms with E-state index in [0.717, 1.165) is 11.9 Å². The van der Waals surface area contributed by atoms with Crippen molar-refractivity contribution in [2.75, 3.05) is 39.4 Å². The summed E-state index contributed by atoms with van der Waals surface area (Å²) in [5, 5.41) is 4.34. The number of piperidine rings is 1. The number of carbonyl (C=O) groups is 2. The molecule has 178 valence electrons. The van der Waals surface area contributed by atoms with Crippen LogP contribution in [0.25, 0.3) is 5.52 Å². The van der Waals surface area contributed by atoms with Crippen LogP contribution in [0.15, 0.2) is 60.9 Å². The van der Waals surface area contributed by atoms with Crippen molar-refractivity contribution < 1.29 is 14.3 Å². The summed E-state index contributed by atoms with van der Waals surface area (Å²) in [5.41, 5.74) is 2.58. The fourth-order valence-corrected chi connectivity index (χ4v) is 5.25. The highest BCUT2D eigenvalue weighted by molar-refractivity contribution is 5.94. The number of benzene rings is 1. The number of fused-ring (bicyclic) bond motifs is 1. The van der Waals surface area contributed by atoms with E-state index in [1.807, 2.05) is 69.2 Å². The van der Waals surface area contributed by atoms with E-state index in [-0.39, 0.29) is 17.7 Å². The average Bonchev–Trinajstić information content (AvgIpc) is 3.24. The Morgan fingerprint density at radius 1 is 1.03 bits per heavy atom. The van der Waals surface area contributed by atoms with Gasteiger partial charge in [-0.3, -0.25) is 9.59 Å². The van der Waals surface area contributed by atoms with E-state index in [0.29, 0.717) is 57.8 Å². The predicted octanol–water partition coefficient (Wildman–Crippen LogP) is 3.29. The fourth-order valence-electron chi connectivity index (χ4n) is 5.25. The second kappa shape index (κ2) is 9.58. The topological polar surface area (TPSA) is 67.2 Å². The molecule has 0 bridgehead atoms. The molecule has 2 aliphatic heterocycles. The molecule has 5 rings (SSSR count). The quantitative estimate of drug-likeness (QED) is 0.599. The molecule has 7 heteroatoms. The minimum atomic E-state index is -0.451. The van der Waals surface area contributed by atoms with Gasteiger partial charge in [-0.15, -0.1) is 0 Å². The Balaban J connectivity index is 1.23. The van der Waals surface area contributed by atoms with E-state index in [1.165, 1.54) is 5.56 Å². The first-order valence-corrected chi connectivity index (χ1v) is 12.2. The van der Waals surface area contributed by atoms with Crippen LogP contribution in [0.2, 0.25) is 0 Å². The number of amides is 2. The van der Waals surface area contributed by atoms with Crippen molar-refractivity contribution >= 4 is 17.3 Å². The second-order valence-electron chi connectivity index (χ2n) is 9.81. The van der Waals surface area contributed by atoms with Crippen LogP contribution in [0.5, 0.6) is 0 Å². The molecule has 1 atom stereocenters. The Hall–Kier alpha value is -3.19. The first kappa shape index (κ1) is 22.6. The van der Waals surface area contributed by atoms with Gasteiger partial charge in [0, 0.05) is 55.5 Å². The van der Waals surface area contributed by atoms with E-state index in [2.05, 4.69) is 18.1 Å². The largest absolute Gasteiger partial charge is 0.379 e. The minimum Gasteiger partial charge on any atom is -0.379 e. The zero-order valence-electron chi connectivity index (χ0n) is 19.7. The number of nitrogens with zero attached hydrogens (tertiary/aromatic N) is 4. The zero-order valence-corrected chi connectivity index (χ0v) is 19.7. The van der Waals surface area contributed by atoms with Gasteiger partial charge in [-0.2, -0.15) is 5.10 Å². The molecule has 0 N–H and O–H groups in total. The van der Waals surface area contributed by atoms with Crippen LogP contribution in [0.3, 0.4) is 0 Å². The Kier molecular flexibility index (Phi) is 6.37. The fraction of sp³-hybridized carbons (Fsp3) is 0.444. The summed E-state index contributed by atoms with van der Waals surface area (Å²) in [6, 6.07) is 15.6. The second-order valence-corrected chi connectivity index (χ2v) is 9.81. The van der Waals surface area contributed by atoms with E-state index in [9.17, 15) is 9.59 Å². The van der Waals surface area contributed by atoms with Crippen LogP contribution in [0, 0.1) is 11.3 Å². The maximum Gasteiger partial charge on any atom is 0.253 e. The minimum absolute atomic E-state index is 0.0485. The molecule has 7 nitrogen and oxygen atoms in total. The summed E-state index contributed by atoms with van der Waals surface area (Å²) in [7, 11) is 0. The number of rotatable bonds is 4. The third kappa shape index (κ3) is 4.57. The lowest BCUT2D eigenvalue weighted by molar-refractivity contribution is -0.144. The van der Waals surface area contributed by atoms with Crippen molar-refractivity contribution in [1.29, 1.82) is 0 Å². The van der Waals surface area contributed by atoms with Gasteiger partial charge in [-0.25, -0.2) is 4.52 Å². The van der Waals surface area contributed by atoms with E-state index < -0.39 is 5.41 Å². The monoisotopic (exact) mass is 460 g/mol. The summed E-state index contributed by atoms with van der Waals surface area (Å²) in [4.78, 5) is 30.4. The smallest absolute Gasteiger partial charge is 0.253 e. The van der Waals surface area contributed by atoms with Crippen molar-refractivity contribution in [1.82, 2.24) is 19.4 Å². The van der Waals surface area contributed by atoms with Gasteiger partial charge < -0.3 is 14.5 Å². The summed E-state index contributed by atoms with van der Waals surface area (Å²) >= 11 is 0. The van der Waals surface area contributed by atoms with Crippen LogP contribution < -0.4 is 0 Å². The molecule has 4 heterocycles. The van der Waals surface area contributed by atoms with Gasteiger partial charge in [0.25, 0.3) is 5.91 Å². The first-order valence-electron chi connectivity index (χ1n) is 12.2. The number of likely N-dealkylation sites (tertiary alicyclic amines) is 1. The number of carbonyl (C=O) groups excluding carboxylic acids is 2. The van der Waals surface area contributed by atoms with Gasteiger partial charge in [-0.05, 0) is 49.1 Å². The predicted molar refractivity (Wildman–Crippen MR) is 129 cm³/mol. The van der Waals surface area contributed by atoms with Gasteiger partial charge in [0.15, 0.2) is 0 Å². The zero-order chi connectivity index (χ0) is 23.5. The first-order chi connectivity index (χ1) is 16.5. The van der Waals surface area contributed by atoms with Crippen LogP contribution >= 0.6 is 0 Å². The molecule has 0 spiro atoms. The van der Waals surface area contributed by atoms with E-state index in [1.54, 1.807) is 0 Å². The molecule has 2 aliphatic rings. The molecule has 34 heavy (non-hydrogen) atoms. The lowest BCUT2D eigenvalue weighted by atomic mass is 9.78. The molecular formula is C27H32N4O3. The standard InChI is InChI=1S/C27H32N4O3/c1-27(10-14-29(15-11-27)25(32)22-6-3-2-4-7-22)26(33)30-16-17-34-20-21(19-30)18-23-8-5-13-31-24(23)9-12-28-31/h2-9,12-13,21H,10-11,14-20H2,1H3/t21-/m1/s1. The Morgan fingerprint density at radius 3 is 2.62 bits per heavy atom. The molecule has 3 aromatic rings. The van der Waals surface area contributed by atoms with Crippen LogP contribution in [-0.2, 0) is 16.0 Å². The SMILES string of the molecule is CC1(C(=O)N2CCOC[C@H](Cc3cccn4nccc34)C2)CCN(C(=O)c2ccccc2)CC1. The van der Waals surface area contributed by atoms with E-state index in [4.69, 9.17) is 4.74 Å². The molecule has 0 aliphatic carbocycles. The van der Waals surface area contributed by atoms with Crippen molar-refractivity contribution in [3.63, 3.8) is 0 Å².